The zero-order chi connectivity index (χ0) is 23.0. The van der Waals surface area contributed by atoms with E-state index in [2.05, 4.69) is 27.4 Å². The molecule has 1 atom stereocenters. The highest BCUT2D eigenvalue weighted by Gasteiger charge is 2.20. The fraction of sp³-hybridized carbons (Fsp3) is 0.148. The van der Waals surface area contributed by atoms with E-state index in [9.17, 15) is 4.79 Å². The summed E-state index contributed by atoms with van der Waals surface area (Å²) in [6.07, 6.45) is 1.98. The molecule has 3 aromatic carbocycles. The molecular formula is C27H25N3O3. The maximum Gasteiger partial charge on any atom is 0.328 e. The van der Waals surface area contributed by atoms with E-state index < -0.39 is 6.04 Å². The molecule has 4 aromatic rings. The Hall–Kier alpha value is -4.19. The highest BCUT2D eigenvalue weighted by molar-refractivity contribution is 5.79. The molecule has 1 N–H and O–H groups in total. The second-order valence-electron chi connectivity index (χ2n) is 7.50. The molecule has 0 fully saturated rings. The van der Waals surface area contributed by atoms with Crippen molar-refractivity contribution >= 4 is 11.8 Å². The summed E-state index contributed by atoms with van der Waals surface area (Å²) in [5, 5.41) is 3.20. The number of aromatic nitrogens is 2. The molecule has 0 saturated carbocycles. The van der Waals surface area contributed by atoms with Gasteiger partial charge in [-0.25, -0.2) is 14.8 Å². The van der Waals surface area contributed by atoms with Gasteiger partial charge in [-0.3, -0.25) is 0 Å². The molecule has 0 aliphatic rings. The molecule has 0 amide bonds. The lowest BCUT2D eigenvalue weighted by molar-refractivity contribution is -0.141. The van der Waals surface area contributed by atoms with Gasteiger partial charge >= 0.3 is 5.97 Å². The number of rotatable bonds is 8. The molecule has 1 unspecified atom stereocenters. The Labute approximate surface area is 193 Å². The molecule has 0 saturated heterocycles. The summed E-state index contributed by atoms with van der Waals surface area (Å²) in [7, 11) is 3.04. The number of ether oxygens (including phenoxy) is 2. The van der Waals surface area contributed by atoms with Crippen LogP contribution in [-0.4, -0.2) is 36.2 Å². The molecule has 0 bridgehead atoms. The maximum absolute atomic E-state index is 12.4. The quantitative estimate of drug-likeness (QED) is 0.389. The minimum absolute atomic E-state index is 0.345. The molecule has 166 valence electrons. The van der Waals surface area contributed by atoms with Gasteiger partial charge < -0.3 is 14.8 Å². The van der Waals surface area contributed by atoms with Crippen LogP contribution in [0.2, 0.25) is 0 Å². The fourth-order valence-electron chi connectivity index (χ4n) is 3.57. The number of nitrogens with zero attached hydrogens (tertiary/aromatic N) is 2. The Morgan fingerprint density at radius 2 is 1.48 bits per heavy atom. The number of hydrogen-bond acceptors (Lipinski definition) is 6. The van der Waals surface area contributed by atoms with Gasteiger partial charge in [0.2, 0.25) is 0 Å². The molecule has 0 radical (unpaired) electrons. The van der Waals surface area contributed by atoms with Crippen LogP contribution in [0.3, 0.4) is 0 Å². The first kappa shape index (κ1) is 22.0. The van der Waals surface area contributed by atoms with Crippen LogP contribution in [0.4, 0.5) is 5.82 Å². The van der Waals surface area contributed by atoms with Crippen LogP contribution in [0.1, 0.15) is 5.56 Å². The Morgan fingerprint density at radius 3 is 2.12 bits per heavy atom. The van der Waals surface area contributed by atoms with Gasteiger partial charge in [-0.1, -0.05) is 66.7 Å². The zero-order valence-corrected chi connectivity index (χ0v) is 18.6. The largest absolute Gasteiger partial charge is 0.497 e. The lowest BCUT2D eigenvalue weighted by atomic mass is 10.0. The van der Waals surface area contributed by atoms with Gasteiger partial charge in [-0.2, -0.15) is 0 Å². The molecule has 1 heterocycles. The summed E-state index contributed by atoms with van der Waals surface area (Å²) in [4.78, 5) is 21.1. The number of methoxy groups -OCH3 is 2. The Morgan fingerprint density at radius 1 is 0.848 bits per heavy atom. The van der Waals surface area contributed by atoms with Crippen molar-refractivity contribution in [3.05, 3.63) is 96.8 Å². The van der Waals surface area contributed by atoms with Crippen molar-refractivity contribution in [2.24, 2.45) is 0 Å². The first-order valence-corrected chi connectivity index (χ1v) is 10.6. The first-order valence-electron chi connectivity index (χ1n) is 10.6. The Balaban J connectivity index is 1.52. The lowest BCUT2D eigenvalue weighted by Gasteiger charge is -2.17. The van der Waals surface area contributed by atoms with Crippen LogP contribution in [0.25, 0.3) is 22.4 Å². The van der Waals surface area contributed by atoms with Crippen molar-refractivity contribution < 1.29 is 14.3 Å². The minimum atomic E-state index is -0.558. The summed E-state index contributed by atoms with van der Waals surface area (Å²) in [5.41, 5.74) is 4.95. The fourth-order valence-corrected chi connectivity index (χ4v) is 3.57. The highest BCUT2D eigenvalue weighted by Crippen LogP contribution is 2.26. The number of esters is 1. The molecule has 0 aliphatic carbocycles. The van der Waals surface area contributed by atoms with Crippen molar-refractivity contribution in [1.29, 1.82) is 0 Å². The zero-order valence-electron chi connectivity index (χ0n) is 18.6. The van der Waals surface area contributed by atoms with Crippen molar-refractivity contribution in [1.82, 2.24) is 9.97 Å². The summed E-state index contributed by atoms with van der Waals surface area (Å²) >= 11 is 0. The molecule has 4 rings (SSSR count). The third-order valence-electron chi connectivity index (χ3n) is 5.36. The van der Waals surface area contributed by atoms with Crippen molar-refractivity contribution in [2.75, 3.05) is 19.5 Å². The predicted molar refractivity (Wildman–Crippen MR) is 129 cm³/mol. The van der Waals surface area contributed by atoms with E-state index >= 15 is 0 Å². The van der Waals surface area contributed by atoms with Crippen LogP contribution >= 0.6 is 0 Å². The average molecular weight is 440 g/mol. The summed E-state index contributed by atoms with van der Waals surface area (Å²) in [5.74, 6) is 1.04. The molecular weight excluding hydrogens is 414 g/mol. The van der Waals surface area contributed by atoms with Gasteiger partial charge in [0.25, 0.3) is 0 Å². The normalized spacial score (nSPS) is 11.5. The highest BCUT2D eigenvalue weighted by atomic mass is 16.5. The molecule has 1 aromatic heterocycles. The van der Waals surface area contributed by atoms with Gasteiger partial charge in [0.1, 0.15) is 23.9 Å². The third kappa shape index (κ3) is 5.54. The summed E-state index contributed by atoms with van der Waals surface area (Å²) in [6, 6.07) is 27.2. The Kier molecular flexibility index (Phi) is 6.95. The van der Waals surface area contributed by atoms with E-state index in [1.807, 2.05) is 72.8 Å². The molecule has 0 aliphatic heterocycles. The predicted octanol–water partition coefficient (Wildman–Crippen LogP) is 5.02. The number of carbonyl (C=O) groups excluding carboxylic acids is 1. The van der Waals surface area contributed by atoms with Crippen LogP contribution in [0, 0.1) is 0 Å². The Bertz CT molecular complexity index is 1190. The van der Waals surface area contributed by atoms with Crippen molar-refractivity contribution in [3.63, 3.8) is 0 Å². The van der Waals surface area contributed by atoms with E-state index in [0.717, 1.165) is 33.7 Å². The maximum atomic E-state index is 12.4. The minimum Gasteiger partial charge on any atom is -0.497 e. The number of hydrogen-bond donors (Lipinski definition) is 1. The van der Waals surface area contributed by atoms with Crippen LogP contribution in [0.5, 0.6) is 5.75 Å². The van der Waals surface area contributed by atoms with Gasteiger partial charge in [-0.05, 0) is 28.8 Å². The monoisotopic (exact) mass is 439 g/mol. The number of carbonyl (C=O) groups is 1. The number of nitrogens with one attached hydrogen (secondary N) is 1. The lowest BCUT2D eigenvalue weighted by Crippen LogP contribution is -2.33. The molecule has 33 heavy (non-hydrogen) atoms. The average Bonchev–Trinajstić information content (AvgIpc) is 2.89. The second-order valence-corrected chi connectivity index (χ2v) is 7.50. The van der Waals surface area contributed by atoms with Gasteiger partial charge in [0.15, 0.2) is 0 Å². The second kappa shape index (κ2) is 10.4. The van der Waals surface area contributed by atoms with E-state index in [1.54, 1.807) is 7.11 Å². The first-order chi connectivity index (χ1) is 16.2. The van der Waals surface area contributed by atoms with Crippen LogP contribution < -0.4 is 10.1 Å². The number of anilines is 1. The van der Waals surface area contributed by atoms with Crippen LogP contribution in [-0.2, 0) is 16.0 Å². The topological polar surface area (TPSA) is 73.3 Å². The third-order valence-corrected chi connectivity index (χ3v) is 5.36. The summed E-state index contributed by atoms with van der Waals surface area (Å²) < 4.78 is 10.2. The SMILES string of the molecule is COC(=O)C(Cc1ccccc1)Nc1cc(-c2ccc(-c3ccc(OC)cc3)cc2)ncn1. The standard InChI is InChI=1S/C27H25N3O3/c1-32-23-14-12-21(13-15-23)20-8-10-22(11-9-20)24-17-26(29-18-28-24)30-25(27(31)33-2)16-19-6-4-3-5-7-19/h3-15,17-18,25H,16H2,1-2H3,(H,28,29,30). The summed E-state index contributed by atoms with van der Waals surface area (Å²) in [6.45, 7) is 0. The van der Waals surface area contributed by atoms with Crippen LogP contribution in [0.15, 0.2) is 91.3 Å². The number of benzene rings is 3. The van der Waals surface area contributed by atoms with E-state index in [-0.39, 0.29) is 5.97 Å². The molecule has 0 spiro atoms. The van der Waals surface area contributed by atoms with E-state index in [1.165, 1.54) is 13.4 Å². The van der Waals surface area contributed by atoms with E-state index in [0.29, 0.717) is 12.2 Å². The van der Waals surface area contributed by atoms with Crippen molar-refractivity contribution in [3.8, 4) is 28.1 Å². The molecule has 6 heteroatoms. The van der Waals surface area contributed by atoms with Crippen molar-refractivity contribution in [2.45, 2.75) is 12.5 Å². The van der Waals surface area contributed by atoms with E-state index in [4.69, 9.17) is 9.47 Å². The van der Waals surface area contributed by atoms with Gasteiger partial charge in [-0.15, -0.1) is 0 Å². The van der Waals surface area contributed by atoms with Gasteiger partial charge in [0.05, 0.1) is 19.9 Å². The molecule has 6 nitrogen and oxygen atoms in total. The smallest absolute Gasteiger partial charge is 0.328 e. The van der Waals surface area contributed by atoms with Gasteiger partial charge in [0, 0.05) is 18.1 Å².